The van der Waals surface area contributed by atoms with E-state index in [1.807, 2.05) is 12.1 Å². The first-order valence-corrected chi connectivity index (χ1v) is 8.61. The molecule has 1 atom stereocenters. The highest BCUT2D eigenvalue weighted by Gasteiger charge is 2.31. The summed E-state index contributed by atoms with van der Waals surface area (Å²) >= 11 is 0. The molecule has 0 aliphatic carbocycles. The van der Waals surface area contributed by atoms with Crippen LogP contribution in [0.1, 0.15) is 29.3 Å². The van der Waals surface area contributed by atoms with E-state index in [-0.39, 0.29) is 36.9 Å². The second-order valence-corrected chi connectivity index (χ2v) is 6.25. The van der Waals surface area contributed by atoms with Crippen LogP contribution in [-0.4, -0.2) is 35.5 Å². The Morgan fingerprint density at radius 1 is 1.19 bits per heavy atom. The number of anilines is 1. The summed E-state index contributed by atoms with van der Waals surface area (Å²) in [4.78, 5) is 37.1. The zero-order valence-electron chi connectivity index (χ0n) is 14.8. The topological polar surface area (TPSA) is 95.9 Å². The Labute approximate surface area is 156 Å². The van der Waals surface area contributed by atoms with E-state index in [2.05, 4.69) is 5.32 Å². The van der Waals surface area contributed by atoms with Gasteiger partial charge in [-0.15, -0.1) is 0 Å². The molecule has 1 unspecified atom stereocenters. The van der Waals surface area contributed by atoms with Gasteiger partial charge < -0.3 is 20.1 Å². The minimum atomic E-state index is -1.01. The Balaban J connectivity index is 1.58. The molecule has 0 aromatic heterocycles. The molecule has 1 aliphatic rings. The zero-order valence-corrected chi connectivity index (χ0v) is 14.8. The predicted octanol–water partition coefficient (Wildman–Crippen LogP) is 2.21. The predicted molar refractivity (Wildman–Crippen MR) is 98.8 cm³/mol. The summed E-state index contributed by atoms with van der Waals surface area (Å²) in [7, 11) is 0. The third-order valence-corrected chi connectivity index (χ3v) is 4.30. The lowest BCUT2D eigenvalue weighted by atomic mass is 10.1. The van der Waals surface area contributed by atoms with Crippen LogP contribution in [0.2, 0.25) is 0 Å². The molecule has 1 heterocycles. The average Bonchev–Trinajstić information content (AvgIpc) is 2.67. The standard InChI is InChI=1S/C20H20N2O5/c1-13-19(24)22(16-7-2-3-8-17(16)27-13)10-9-18(23)21-12-14-5-4-6-15(11-14)20(25)26/h2-8,11,13H,9-10,12H2,1H3,(H,21,23)(H,25,26). The Kier molecular flexibility index (Phi) is 5.40. The number of amides is 2. The molecule has 0 fully saturated rings. The molecule has 0 spiro atoms. The van der Waals surface area contributed by atoms with Crippen LogP contribution in [0, 0.1) is 0 Å². The number of carbonyl (C=O) groups excluding carboxylic acids is 2. The Hall–Kier alpha value is -3.35. The van der Waals surface area contributed by atoms with Crippen LogP contribution in [0.25, 0.3) is 0 Å². The molecule has 0 bridgehead atoms. The maximum absolute atomic E-state index is 12.4. The van der Waals surface area contributed by atoms with Crippen LogP contribution in [0.5, 0.6) is 5.75 Å². The summed E-state index contributed by atoms with van der Waals surface area (Å²) < 4.78 is 5.58. The minimum absolute atomic E-state index is 0.130. The van der Waals surface area contributed by atoms with Crippen molar-refractivity contribution >= 4 is 23.5 Å². The number of nitrogens with zero attached hydrogens (tertiary/aromatic N) is 1. The first kappa shape index (κ1) is 18.4. The van der Waals surface area contributed by atoms with Crippen molar-refractivity contribution in [2.45, 2.75) is 26.0 Å². The molecule has 2 aromatic carbocycles. The first-order valence-electron chi connectivity index (χ1n) is 8.61. The van der Waals surface area contributed by atoms with Gasteiger partial charge in [0.1, 0.15) is 5.75 Å². The van der Waals surface area contributed by atoms with Gasteiger partial charge in [0.15, 0.2) is 6.10 Å². The van der Waals surface area contributed by atoms with Gasteiger partial charge in [-0.25, -0.2) is 4.79 Å². The van der Waals surface area contributed by atoms with Gasteiger partial charge in [-0.3, -0.25) is 9.59 Å². The Morgan fingerprint density at radius 3 is 2.74 bits per heavy atom. The van der Waals surface area contributed by atoms with E-state index in [0.717, 1.165) is 0 Å². The van der Waals surface area contributed by atoms with Crippen LogP contribution in [-0.2, 0) is 16.1 Å². The van der Waals surface area contributed by atoms with E-state index in [1.54, 1.807) is 36.1 Å². The average molecular weight is 368 g/mol. The first-order chi connectivity index (χ1) is 13.0. The summed E-state index contributed by atoms with van der Waals surface area (Å²) in [5.74, 6) is -0.798. The van der Waals surface area contributed by atoms with E-state index in [4.69, 9.17) is 9.84 Å². The van der Waals surface area contributed by atoms with Crippen LogP contribution >= 0.6 is 0 Å². The fourth-order valence-corrected chi connectivity index (χ4v) is 2.91. The zero-order chi connectivity index (χ0) is 19.4. The van der Waals surface area contributed by atoms with E-state index in [0.29, 0.717) is 17.0 Å². The van der Waals surface area contributed by atoms with Gasteiger partial charge >= 0.3 is 5.97 Å². The van der Waals surface area contributed by atoms with Crippen molar-refractivity contribution < 1.29 is 24.2 Å². The maximum atomic E-state index is 12.4. The molecule has 3 rings (SSSR count). The number of hydrogen-bond donors (Lipinski definition) is 2. The van der Waals surface area contributed by atoms with Crippen molar-refractivity contribution in [2.75, 3.05) is 11.4 Å². The lowest BCUT2D eigenvalue weighted by Crippen LogP contribution is -2.45. The molecule has 140 valence electrons. The van der Waals surface area contributed by atoms with Gasteiger partial charge in [0.25, 0.3) is 5.91 Å². The largest absolute Gasteiger partial charge is 0.479 e. The number of rotatable bonds is 6. The van der Waals surface area contributed by atoms with Gasteiger partial charge in [-0.2, -0.15) is 0 Å². The number of ether oxygens (including phenoxy) is 1. The number of nitrogens with one attached hydrogen (secondary N) is 1. The molecule has 0 saturated heterocycles. The second-order valence-electron chi connectivity index (χ2n) is 6.25. The summed E-state index contributed by atoms with van der Waals surface area (Å²) in [5.41, 5.74) is 1.53. The van der Waals surface area contributed by atoms with Gasteiger partial charge in [0.05, 0.1) is 11.3 Å². The molecule has 2 N–H and O–H groups in total. The van der Waals surface area contributed by atoms with E-state index in [9.17, 15) is 14.4 Å². The molecule has 0 saturated carbocycles. The number of aromatic carboxylic acids is 1. The number of carboxylic acid groups (broad SMARTS) is 1. The maximum Gasteiger partial charge on any atom is 0.335 e. The van der Waals surface area contributed by atoms with Gasteiger partial charge in [-0.05, 0) is 36.8 Å². The lowest BCUT2D eigenvalue weighted by molar-refractivity contribution is -0.125. The quantitative estimate of drug-likeness (QED) is 0.815. The van der Waals surface area contributed by atoms with Crippen LogP contribution in [0.15, 0.2) is 48.5 Å². The SMILES string of the molecule is CC1Oc2ccccc2N(CCC(=O)NCc2cccc(C(=O)O)c2)C1=O. The highest BCUT2D eigenvalue weighted by molar-refractivity contribution is 6.00. The molecule has 27 heavy (non-hydrogen) atoms. The smallest absolute Gasteiger partial charge is 0.335 e. The fraction of sp³-hybridized carbons (Fsp3) is 0.250. The number of carbonyl (C=O) groups is 3. The number of para-hydroxylation sites is 2. The lowest BCUT2D eigenvalue weighted by Gasteiger charge is -2.32. The van der Waals surface area contributed by atoms with Crippen LogP contribution in [0.3, 0.4) is 0 Å². The molecule has 0 radical (unpaired) electrons. The number of hydrogen-bond acceptors (Lipinski definition) is 4. The highest BCUT2D eigenvalue weighted by Crippen LogP contribution is 2.33. The van der Waals surface area contributed by atoms with Crippen LogP contribution in [0.4, 0.5) is 5.69 Å². The van der Waals surface area contributed by atoms with E-state index in [1.165, 1.54) is 12.1 Å². The van der Waals surface area contributed by atoms with Crippen molar-refractivity contribution in [3.63, 3.8) is 0 Å². The highest BCUT2D eigenvalue weighted by atomic mass is 16.5. The van der Waals surface area contributed by atoms with E-state index < -0.39 is 12.1 Å². The number of benzene rings is 2. The second kappa shape index (κ2) is 7.90. The minimum Gasteiger partial charge on any atom is -0.479 e. The molecular weight excluding hydrogens is 348 g/mol. The van der Waals surface area contributed by atoms with Crippen LogP contribution < -0.4 is 15.0 Å². The van der Waals surface area contributed by atoms with Gasteiger partial charge in [0.2, 0.25) is 5.91 Å². The molecular formula is C20H20N2O5. The van der Waals surface area contributed by atoms with Crippen molar-refractivity contribution in [3.8, 4) is 5.75 Å². The monoisotopic (exact) mass is 368 g/mol. The number of fused-ring (bicyclic) bond motifs is 1. The molecule has 7 nitrogen and oxygen atoms in total. The van der Waals surface area contributed by atoms with Crippen molar-refractivity contribution in [3.05, 3.63) is 59.7 Å². The van der Waals surface area contributed by atoms with Gasteiger partial charge in [-0.1, -0.05) is 24.3 Å². The summed E-state index contributed by atoms with van der Waals surface area (Å²) in [6.45, 7) is 2.15. The summed E-state index contributed by atoms with van der Waals surface area (Å²) in [6, 6.07) is 13.6. The molecule has 2 aromatic rings. The molecule has 1 aliphatic heterocycles. The Morgan fingerprint density at radius 2 is 1.96 bits per heavy atom. The summed E-state index contributed by atoms with van der Waals surface area (Å²) in [6.07, 6.45) is -0.465. The number of carboxylic acids is 1. The van der Waals surface area contributed by atoms with Crippen molar-refractivity contribution in [1.29, 1.82) is 0 Å². The molecule has 2 amide bonds. The van der Waals surface area contributed by atoms with E-state index >= 15 is 0 Å². The van der Waals surface area contributed by atoms with Gasteiger partial charge in [0, 0.05) is 19.5 Å². The fourth-order valence-electron chi connectivity index (χ4n) is 2.91. The molecule has 7 heteroatoms. The Bertz CT molecular complexity index is 880. The van der Waals surface area contributed by atoms with Crippen molar-refractivity contribution in [2.24, 2.45) is 0 Å². The van der Waals surface area contributed by atoms with Crippen molar-refractivity contribution in [1.82, 2.24) is 5.32 Å². The third kappa shape index (κ3) is 4.25. The summed E-state index contributed by atoms with van der Waals surface area (Å²) in [5, 5.41) is 11.8. The normalized spacial score (nSPS) is 15.7. The third-order valence-electron chi connectivity index (χ3n) is 4.30.